The lowest BCUT2D eigenvalue weighted by Crippen LogP contribution is -2.07. The third-order valence-electron chi connectivity index (χ3n) is 3.27. The maximum absolute atomic E-state index is 12.5. The zero-order chi connectivity index (χ0) is 15.5. The molecule has 0 bridgehead atoms. The number of rotatable bonds is 4. The Bertz CT molecular complexity index is 593. The second-order valence-electron chi connectivity index (χ2n) is 4.81. The molecule has 1 atom stereocenters. The van der Waals surface area contributed by atoms with Crippen LogP contribution in [-0.2, 0) is 12.6 Å². The predicted octanol–water partition coefficient (Wildman–Crippen LogP) is 6.08. The summed E-state index contributed by atoms with van der Waals surface area (Å²) < 4.78 is 37.6. The summed E-state index contributed by atoms with van der Waals surface area (Å²) in [6, 6.07) is 12.8. The highest BCUT2D eigenvalue weighted by Gasteiger charge is 2.30. The molecule has 0 aliphatic carbocycles. The van der Waals surface area contributed by atoms with Crippen molar-refractivity contribution in [1.82, 2.24) is 0 Å². The average Bonchev–Trinajstić information content (AvgIpc) is 2.44. The van der Waals surface area contributed by atoms with Gasteiger partial charge >= 0.3 is 6.18 Å². The third-order valence-corrected chi connectivity index (χ3v) is 4.29. The van der Waals surface area contributed by atoms with Crippen molar-refractivity contribution >= 4 is 27.5 Å². The van der Waals surface area contributed by atoms with Crippen molar-refractivity contribution in [2.45, 2.75) is 18.5 Å². The van der Waals surface area contributed by atoms with Crippen molar-refractivity contribution in [1.29, 1.82) is 0 Å². The van der Waals surface area contributed by atoms with Crippen LogP contribution < -0.4 is 0 Å². The van der Waals surface area contributed by atoms with E-state index in [0.717, 1.165) is 23.3 Å². The first-order valence-corrected chi connectivity index (χ1v) is 7.87. The van der Waals surface area contributed by atoms with E-state index >= 15 is 0 Å². The van der Waals surface area contributed by atoms with Gasteiger partial charge in [-0.05, 0) is 47.7 Å². The van der Waals surface area contributed by atoms with Crippen molar-refractivity contribution in [3.63, 3.8) is 0 Å². The summed E-state index contributed by atoms with van der Waals surface area (Å²) in [6.45, 7) is 0. The van der Waals surface area contributed by atoms with Gasteiger partial charge in [-0.15, -0.1) is 0 Å². The summed E-state index contributed by atoms with van der Waals surface area (Å²) in [4.78, 5) is 0. The Hall–Kier alpha value is -1.00. The molecule has 0 N–H and O–H groups in total. The van der Waals surface area contributed by atoms with Gasteiger partial charge in [0.25, 0.3) is 0 Å². The maximum atomic E-state index is 12.5. The quantitative estimate of drug-likeness (QED) is 0.566. The van der Waals surface area contributed by atoms with Crippen LogP contribution in [0.5, 0.6) is 0 Å². The van der Waals surface area contributed by atoms with Gasteiger partial charge in [-0.1, -0.05) is 51.8 Å². The molecule has 1 unspecified atom stereocenters. The lowest BCUT2D eigenvalue weighted by atomic mass is 9.93. The van der Waals surface area contributed by atoms with Gasteiger partial charge in [0.05, 0.1) is 5.56 Å². The second-order valence-corrected chi connectivity index (χ2v) is 5.89. The van der Waals surface area contributed by atoms with E-state index < -0.39 is 11.7 Å². The van der Waals surface area contributed by atoms with Gasteiger partial charge in [-0.25, -0.2) is 0 Å². The van der Waals surface area contributed by atoms with Crippen molar-refractivity contribution in [3.05, 3.63) is 70.2 Å². The minimum atomic E-state index is -4.29. The van der Waals surface area contributed by atoms with Crippen LogP contribution >= 0.6 is 27.5 Å². The molecule has 2 aromatic carbocycles. The second kappa shape index (κ2) is 6.84. The number of hydrogen-bond acceptors (Lipinski definition) is 0. The first-order chi connectivity index (χ1) is 9.90. The zero-order valence-corrected chi connectivity index (χ0v) is 13.3. The molecule has 112 valence electrons. The van der Waals surface area contributed by atoms with Crippen LogP contribution in [0.25, 0.3) is 0 Å². The van der Waals surface area contributed by atoms with E-state index in [4.69, 9.17) is 11.6 Å². The van der Waals surface area contributed by atoms with Crippen LogP contribution in [0.15, 0.2) is 48.5 Å². The zero-order valence-electron chi connectivity index (χ0n) is 11.0. The Kier molecular flexibility index (Phi) is 5.33. The molecule has 5 heteroatoms. The molecule has 0 amide bonds. The summed E-state index contributed by atoms with van der Waals surface area (Å²) >= 11 is 9.44. The number of halogens is 5. The van der Waals surface area contributed by atoms with Crippen LogP contribution in [0.1, 0.15) is 22.6 Å². The van der Waals surface area contributed by atoms with E-state index in [1.54, 1.807) is 6.07 Å². The molecule has 0 aliphatic rings. The van der Waals surface area contributed by atoms with Crippen LogP contribution in [0.3, 0.4) is 0 Å². The van der Waals surface area contributed by atoms with Crippen molar-refractivity contribution in [2.24, 2.45) is 0 Å². The Morgan fingerprint density at radius 1 is 1.05 bits per heavy atom. The standard InChI is InChI=1S/C16H13BrClF3/c17-10-13(12-2-1-3-15(18)9-12)8-11-4-6-14(7-5-11)16(19,20)21/h1-7,9,13H,8,10H2. The van der Waals surface area contributed by atoms with E-state index in [9.17, 15) is 13.2 Å². The summed E-state index contributed by atoms with van der Waals surface area (Å²) in [7, 11) is 0. The lowest BCUT2D eigenvalue weighted by molar-refractivity contribution is -0.137. The van der Waals surface area contributed by atoms with E-state index in [-0.39, 0.29) is 5.92 Å². The van der Waals surface area contributed by atoms with Crippen LogP contribution in [-0.4, -0.2) is 5.33 Å². The molecule has 0 heterocycles. The number of alkyl halides is 4. The Morgan fingerprint density at radius 2 is 1.71 bits per heavy atom. The van der Waals surface area contributed by atoms with Crippen LogP contribution in [0, 0.1) is 0 Å². The fraction of sp³-hybridized carbons (Fsp3) is 0.250. The first kappa shape index (κ1) is 16.4. The first-order valence-electron chi connectivity index (χ1n) is 6.37. The van der Waals surface area contributed by atoms with Gasteiger partial charge in [0.2, 0.25) is 0 Å². The Labute approximate surface area is 135 Å². The van der Waals surface area contributed by atoms with Crippen LogP contribution in [0.4, 0.5) is 13.2 Å². The number of benzene rings is 2. The highest BCUT2D eigenvalue weighted by Crippen LogP contribution is 2.30. The summed E-state index contributed by atoms with van der Waals surface area (Å²) in [6.07, 6.45) is -3.63. The van der Waals surface area contributed by atoms with E-state index in [1.165, 1.54) is 12.1 Å². The van der Waals surface area contributed by atoms with Crippen molar-refractivity contribution < 1.29 is 13.2 Å². The molecule has 0 aliphatic heterocycles. The minimum absolute atomic E-state index is 0.167. The van der Waals surface area contributed by atoms with Gasteiger partial charge < -0.3 is 0 Å². The highest BCUT2D eigenvalue weighted by molar-refractivity contribution is 9.09. The molecule has 0 nitrogen and oxygen atoms in total. The SMILES string of the molecule is FC(F)(F)c1ccc(CC(CBr)c2cccc(Cl)c2)cc1. The molecule has 0 saturated carbocycles. The van der Waals surface area contributed by atoms with Gasteiger partial charge in [0.15, 0.2) is 0 Å². The van der Waals surface area contributed by atoms with Crippen molar-refractivity contribution in [2.75, 3.05) is 5.33 Å². The molecular weight excluding hydrogens is 365 g/mol. The predicted molar refractivity (Wildman–Crippen MR) is 83.1 cm³/mol. The Morgan fingerprint density at radius 3 is 2.24 bits per heavy atom. The third kappa shape index (κ3) is 4.48. The largest absolute Gasteiger partial charge is 0.416 e. The Balaban J connectivity index is 2.15. The summed E-state index contributed by atoms with van der Waals surface area (Å²) in [5, 5.41) is 1.37. The lowest BCUT2D eigenvalue weighted by Gasteiger charge is -2.15. The highest BCUT2D eigenvalue weighted by atomic mass is 79.9. The van der Waals surface area contributed by atoms with Gasteiger partial charge in [-0.3, -0.25) is 0 Å². The van der Waals surface area contributed by atoms with Gasteiger partial charge in [0, 0.05) is 10.4 Å². The molecule has 21 heavy (non-hydrogen) atoms. The molecule has 0 saturated heterocycles. The van der Waals surface area contributed by atoms with E-state index in [2.05, 4.69) is 15.9 Å². The molecular formula is C16H13BrClF3. The fourth-order valence-electron chi connectivity index (χ4n) is 2.14. The number of hydrogen-bond donors (Lipinski definition) is 0. The normalized spacial score (nSPS) is 13.2. The monoisotopic (exact) mass is 376 g/mol. The van der Waals surface area contributed by atoms with Gasteiger partial charge in [-0.2, -0.15) is 13.2 Å². The minimum Gasteiger partial charge on any atom is -0.166 e. The van der Waals surface area contributed by atoms with Crippen LogP contribution in [0.2, 0.25) is 5.02 Å². The molecule has 0 spiro atoms. The van der Waals surface area contributed by atoms with E-state index in [0.29, 0.717) is 16.8 Å². The topological polar surface area (TPSA) is 0 Å². The van der Waals surface area contributed by atoms with Gasteiger partial charge in [0.1, 0.15) is 0 Å². The van der Waals surface area contributed by atoms with E-state index in [1.807, 2.05) is 18.2 Å². The molecule has 0 aromatic heterocycles. The summed E-state index contributed by atoms with van der Waals surface area (Å²) in [5.41, 5.74) is 1.32. The maximum Gasteiger partial charge on any atom is 0.416 e. The summed E-state index contributed by atoms with van der Waals surface area (Å²) in [5.74, 6) is 0.167. The molecule has 0 fully saturated rings. The average molecular weight is 378 g/mol. The molecule has 0 radical (unpaired) electrons. The van der Waals surface area contributed by atoms with Crippen molar-refractivity contribution in [3.8, 4) is 0 Å². The smallest absolute Gasteiger partial charge is 0.166 e. The molecule has 2 rings (SSSR count). The fourth-order valence-corrected chi connectivity index (χ4v) is 2.94. The molecule has 2 aromatic rings.